The Morgan fingerprint density at radius 3 is 2.30 bits per heavy atom. The normalized spacial score (nSPS) is 34.8. The van der Waals surface area contributed by atoms with Crippen LogP contribution in [0.25, 0.3) is 0 Å². The third kappa shape index (κ3) is 2.68. The van der Waals surface area contributed by atoms with Crippen molar-refractivity contribution >= 4 is 11.9 Å². The molecule has 2 aliphatic heterocycles. The first-order chi connectivity index (χ1) is 9.65. The molecule has 0 radical (unpaired) electrons. The Labute approximate surface area is 119 Å². The first-order valence-corrected chi connectivity index (χ1v) is 7.91. The third-order valence-corrected chi connectivity index (χ3v) is 5.26. The van der Waals surface area contributed by atoms with Gasteiger partial charge < -0.3 is 10.0 Å². The molecular formula is C15H24N2O3. The van der Waals surface area contributed by atoms with Gasteiger partial charge in [0.15, 0.2) is 0 Å². The molecule has 5 nitrogen and oxygen atoms in total. The average Bonchev–Trinajstić information content (AvgIpc) is 3.17. The number of aliphatic carboxylic acids is 1. The number of hydrogen-bond acceptors (Lipinski definition) is 3. The Bertz CT molecular complexity index is 393. The van der Waals surface area contributed by atoms with E-state index in [1.807, 2.05) is 4.90 Å². The molecule has 5 heteroatoms. The van der Waals surface area contributed by atoms with Crippen molar-refractivity contribution in [2.45, 2.75) is 44.6 Å². The first-order valence-electron chi connectivity index (χ1n) is 7.91. The van der Waals surface area contributed by atoms with E-state index in [1.54, 1.807) is 0 Å². The van der Waals surface area contributed by atoms with Crippen LogP contribution < -0.4 is 0 Å². The zero-order chi connectivity index (χ0) is 14.1. The van der Waals surface area contributed by atoms with E-state index in [-0.39, 0.29) is 17.7 Å². The zero-order valence-electron chi connectivity index (χ0n) is 12.0. The van der Waals surface area contributed by atoms with Gasteiger partial charge in [-0.3, -0.25) is 14.5 Å². The first kappa shape index (κ1) is 13.9. The minimum absolute atomic E-state index is 0.0478. The van der Waals surface area contributed by atoms with Gasteiger partial charge in [-0.05, 0) is 51.6 Å². The molecular weight excluding hydrogens is 256 g/mol. The number of likely N-dealkylation sites (tertiary alicyclic amines) is 2. The predicted octanol–water partition coefficient (Wildman–Crippen LogP) is 1.18. The van der Waals surface area contributed by atoms with Crippen LogP contribution in [0.3, 0.4) is 0 Å². The minimum atomic E-state index is -0.739. The van der Waals surface area contributed by atoms with E-state index in [1.165, 1.54) is 25.9 Å². The number of carboxylic acids is 1. The van der Waals surface area contributed by atoms with E-state index >= 15 is 0 Å². The molecule has 1 amide bonds. The molecule has 3 unspecified atom stereocenters. The third-order valence-electron chi connectivity index (χ3n) is 5.26. The minimum Gasteiger partial charge on any atom is -0.481 e. The van der Waals surface area contributed by atoms with Gasteiger partial charge in [-0.2, -0.15) is 0 Å². The van der Waals surface area contributed by atoms with Crippen molar-refractivity contribution in [3.8, 4) is 0 Å². The van der Waals surface area contributed by atoms with Crippen molar-refractivity contribution in [2.75, 3.05) is 26.2 Å². The van der Waals surface area contributed by atoms with Gasteiger partial charge in [-0.25, -0.2) is 0 Å². The summed E-state index contributed by atoms with van der Waals surface area (Å²) in [5, 5.41) is 9.03. The van der Waals surface area contributed by atoms with Gasteiger partial charge in [0.25, 0.3) is 0 Å². The fraction of sp³-hybridized carbons (Fsp3) is 0.867. The van der Waals surface area contributed by atoms with E-state index in [4.69, 9.17) is 5.11 Å². The Morgan fingerprint density at radius 2 is 1.65 bits per heavy atom. The van der Waals surface area contributed by atoms with Crippen LogP contribution in [0.2, 0.25) is 0 Å². The number of carbonyl (C=O) groups excluding carboxylic acids is 1. The lowest BCUT2D eigenvalue weighted by atomic mass is 10.0. The quantitative estimate of drug-likeness (QED) is 0.843. The van der Waals surface area contributed by atoms with Crippen LogP contribution in [-0.4, -0.2) is 59.0 Å². The highest BCUT2D eigenvalue weighted by molar-refractivity contribution is 5.81. The maximum atomic E-state index is 12.5. The lowest BCUT2D eigenvalue weighted by molar-refractivity contribution is -0.141. The van der Waals surface area contributed by atoms with Gasteiger partial charge in [0.1, 0.15) is 0 Å². The molecule has 2 saturated heterocycles. The number of carboxylic acid groups (broad SMARTS) is 1. The standard InChI is InChI=1S/C15H24N2O3/c18-14(11-3-4-12(9-11)15(19)20)17-8-5-13(10-17)16-6-1-2-7-16/h11-13H,1-10H2,(H,19,20). The van der Waals surface area contributed by atoms with E-state index in [0.717, 1.165) is 25.9 Å². The van der Waals surface area contributed by atoms with Crippen LogP contribution in [0.1, 0.15) is 38.5 Å². The fourth-order valence-corrected chi connectivity index (χ4v) is 4.04. The summed E-state index contributed by atoms with van der Waals surface area (Å²) in [7, 11) is 0. The topological polar surface area (TPSA) is 60.9 Å². The monoisotopic (exact) mass is 280 g/mol. The van der Waals surface area contributed by atoms with Crippen molar-refractivity contribution in [3.05, 3.63) is 0 Å². The summed E-state index contributed by atoms with van der Waals surface area (Å²) in [6, 6.07) is 0.540. The molecule has 112 valence electrons. The lowest BCUT2D eigenvalue weighted by Gasteiger charge is -2.25. The second kappa shape index (κ2) is 5.72. The van der Waals surface area contributed by atoms with Gasteiger partial charge in [0, 0.05) is 25.0 Å². The summed E-state index contributed by atoms with van der Waals surface area (Å²) in [5.41, 5.74) is 0. The number of nitrogens with zero attached hydrogens (tertiary/aromatic N) is 2. The summed E-state index contributed by atoms with van der Waals surface area (Å²) in [5.74, 6) is -0.888. The SMILES string of the molecule is O=C(O)C1CCC(C(=O)N2CCC(N3CCCC3)C2)C1. The largest absolute Gasteiger partial charge is 0.481 e. The van der Waals surface area contributed by atoms with Crippen LogP contribution in [0, 0.1) is 11.8 Å². The molecule has 20 heavy (non-hydrogen) atoms. The Balaban J connectivity index is 1.52. The summed E-state index contributed by atoms with van der Waals surface area (Å²) in [4.78, 5) is 28.0. The molecule has 2 heterocycles. The number of amides is 1. The van der Waals surface area contributed by atoms with E-state index < -0.39 is 5.97 Å². The summed E-state index contributed by atoms with van der Waals surface area (Å²) < 4.78 is 0. The van der Waals surface area contributed by atoms with Crippen LogP contribution in [0.5, 0.6) is 0 Å². The summed E-state index contributed by atoms with van der Waals surface area (Å²) >= 11 is 0. The van der Waals surface area contributed by atoms with Gasteiger partial charge in [-0.1, -0.05) is 0 Å². The fourth-order valence-electron chi connectivity index (χ4n) is 4.04. The van der Waals surface area contributed by atoms with Crippen molar-refractivity contribution < 1.29 is 14.7 Å². The van der Waals surface area contributed by atoms with E-state index in [0.29, 0.717) is 18.9 Å². The van der Waals surface area contributed by atoms with Crippen molar-refractivity contribution in [2.24, 2.45) is 11.8 Å². The highest BCUT2D eigenvalue weighted by Gasteiger charge is 2.39. The van der Waals surface area contributed by atoms with Crippen LogP contribution in [-0.2, 0) is 9.59 Å². The van der Waals surface area contributed by atoms with Crippen molar-refractivity contribution in [1.82, 2.24) is 9.80 Å². The van der Waals surface area contributed by atoms with Gasteiger partial charge in [0.2, 0.25) is 5.91 Å². The smallest absolute Gasteiger partial charge is 0.306 e. The lowest BCUT2D eigenvalue weighted by Crippen LogP contribution is -2.39. The van der Waals surface area contributed by atoms with Crippen molar-refractivity contribution in [1.29, 1.82) is 0 Å². The Kier molecular flexibility index (Phi) is 3.96. The second-order valence-corrected chi connectivity index (χ2v) is 6.51. The maximum Gasteiger partial charge on any atom is 0.306 e. The number of hydrogen-bond donors (Lipinski definition) is 1. The maximum absolute atomic E-state index is 12.5. The molecule has 0 aromatic carbocycles. The molecule has 0 aromatic rings. The molecule has 1 N–H and O–H groups in total. The van der Waals surface area contributed by atoms with Crippen molar-refractivity contribution in [3.63, 3.8) is 0 Å². The average molecular weight is 280 g/mol. The number of carbonyl (C=O) groups is 2. The van der Waals surface area contributed by atoms with Crippen LogP contribution in [0.4, 0.5) is 0 Å². The molecule has 3 atom stereocenters. The van der Waals surface area contributed by atoms with E-state index in [9.17, 15) is 9.59 Å². The molecule has 3 fully saturated rings. The second-order valence-electron chi connectivity index (χ2n) is 6.51. The molecule has 1 aliphatic carbocycles. The Hall–Kier alpha value is -1.10. The van der Waals surface area contributed by atoms with Crippen LogP contribution >= 0.6 is 0 Å². The van der Waals surface area contributed by atoms with Crippen LogP contribution in [0.15, 0.2) is 0 Å². The summed E-state index contributed by atoms with van der Waals surface area (Å²) in [6.07, 6.45) is 5.61. The van der Waals surface area contributed by atoms with E-state index in [2.05, 4.69) is 4.90 Å². The molecule has 0 aromatic heterocycles. The molecule has 0 spiro atoms. The molecule has 3 rings (SSSR count). The predicted molar refractivity (Wildman–Crippen MR) is 74.3 cm³/mol. The van der Waals surface area contributed by atoms with Gasteiger partial charge in [-0.15, -0.1) is 0 Å². The van der Waals surface area contributed by atoms with Gasteiger partial charge in [0.05, 0.1) is 5.92 Å². The molecule has 3 aliphatic rings. The molecule has 0 bridgehead atoms. The zero-order valence-corrected chi connectivity index (χ0v) is 12.0. The molecule has 1 saturated carbocycles. The highest BCUT2D eigenvalue weighted by atomic mass is 16.4. The number of rotatable bonds is 3. The summed E-state index contributed by atoms with van der Waals surface area (Å²) in [6.45, 7) is 4.07. The van der Waals surface area contributed by atoms with Gasteiger partial charge >= 0.3 is 5.97 Å². The highest BCUT2D eigenvalue weighted by Crippen LogP contribution is 2.33. The Morgan fingerprint density at radius 1 is 0.950 bits per heavy atom.